The van der Waals surface area contributed by atoms with Crippen LogP contribution in [0.25, 0.3) is 5.57 Å². The second-order valence-corrected chi connectivity index (χ2v) is 3.36. The van der Waals surface area contributed by atoms with Crippen LogP contribution in [-0.4, -0.2) is 29.1 Å². The van der Waals surface area contributed by atoms with Crippen LogP contribution in [0.1, 0.15) is 22.8 Å². The van der Waals surface area contributed by atoms with Crippen LogP contribution in [0.3, 0.4) is 0 Å². The van der Waals surface area contributed by atoms with E-state index in [2.05, 4.69) is 11.6 Å². The molecular formula is C11H11F2NO3. The molecule has 1 rings (SSSR count). The number of aromatic carboxylic acids is 1. The van der Waals surface area contributed by atoms with Crippen molar-refractivity contribution in [2.45, 2.75) is 13.3 Å². The van der Waals surface area contributed by atoms with E-state index in [0.717, 1.165) is 6.20 Å². The lowest BCUT2D eigenvalue weighted by atomic mass is 10.1. The maximum Gasteiger partial charge on any atom is 0.337 e. The van der Waals surface area contributed by atoms with Gasteiger partial charge in [0.2, 0.25) is 5.88 Å². The van der Waals surface area contributed by atoms with Crippen LogP contribution in [0.2, 0.25) is 0 Å². The summed E-state index contributed by atoms with van der Waals surface area (Å²) >= 11 is 0. The Morgan fingerprint density at radius 1 is 1.65 bits per heavy atom. The van der Waals surface area contributed by atoms with Crippen LogP contribution >= 0.6 is 0 Å². The second kappa shape index (κ2) is 5.38. The van der Waals surface area contributed by atoms with Gasteiger partial charge in [0, 0.05) is 11.8 Å². The largest absolute Gasteiger partial charge is 0.478 e. The number of aromatic nitrogens is 1. The van der Waals surface area contributed by atoms with Gasteiger partial charge in [-0.15, -0.1) is 0 Å². The van der Waals surface area contributed by atoms with Crippen molar-refractivity contribution in [2.75, 3.05) is 6.61 Å². The minimum absolute atomic E-state index is 0.0391. The third kappa shape index (κ3) is 3.51. The first-order valence-electron chi connectivity index (χ1n) is 4.72. The van der Waals surface area contributed by atoms with Crippen LogP contribution in [0.4, 0.5) is 8.78 Å². The van der Waals surface area contributed by atoms with E-state index in [9.17, 15) is 13.6 Å². The van der Waals surface area contributed by atoms with Gasteiger partial charge >= 0.3 is 5.97 Å². The fraction of sp³-hybridized carbons (Fsp3) is 0.273. The fourth-order valence-electron chi connectivity index (χ4n) is 1.13. The van der Waals surface area contributed by atoms with Gasteiger partial charge in [-0.25, -0.2) is 18.6 Å². The number of nitrogens with zero attached hydrogens (tertiary/aromatic N) is 1. The van der Waals surface area contributed by atoms with E-state index >= 15 is 0 Å². The van der Waals surface area contributed by atoms with Crippen molar-refractivity contribution in [3.8, 4) is 5.88 Å². The number of carboxylic acid groups (broad SMARTS) is 1. The number of halogens is 2. The molecule has 92 valence electrons. The van der Waals surface area contributed by atoms with Gasteiger partial charge in [-0.3, -0.25) is 0 Å². The average molecular weight is 243 g/mol. The number of hydrogen-bond acceptors (Lipinski definition) is 3. The Morgan fingerprint density at radius 3 is 2.76 bits per heavy atom. The van der Waals surface area contributed by atoms with Gasteiger partial charge in [-0.1, -0.05) is 6.58 Å². The predicted molar refractivity (Wildman–Crippen MR) is 57.4 cm³/mol. The molecule has 1 aromatic heterocycles. The van der Waals surface area contributed by atoms with Crippen LogP contribution in [-0.2, 0) is 0 Å². The molecule has 1 heterocycles. The van der Waals surface area contributed by atoms with Gasteiger partial charge < -0.3 is 9.84 Å². The highest BCUT2D eigenvalue weighted by Crippen LogP contribution is 2.23. The summed E-state index contributed by atoms with van der Waals surface area (Å²) in [4.78, 5) is 14.4. The van der Waals surface area contributed by atoms with E-state index in [-0.39, 0.29) is 11.4 Å². The molecule has 0 saturated heterocycles. The Bertz CT molecular complexity index is 446. The van der Waals surface area contributed by atoms with Crippen molar-refractivity contribution < 1.29 is 23.4 Å². The molecular weight excluding hydrogens is 232 g/mol. The highest BCUT2D eigenvalue weighted by atomic mass is 19.3. The van der Waals surface area contributed by atoms with E-state index in [0.29, 0.717) is 11.1 Å². The molecule has 0 spiro atoms. The molecule has 6 heteroatoms. The molecule has 17 heavy (non-hydrogen) atoms. The molecule has 1 aromatic rings. The maximum absolute atomic E-state index is 12.0. The van der Waals surface area contributed by atoms with Crippen LogP contribution in [0.15, 0.2) is 18.8 Å². The summed E-state index contributed by atoms with van der Waals surface area (Å²) in [6.07, 6.45) is -1.57. The Morgan fingerprint density at radius 2 is 2.29 bits per heavy atom. The summed E-state index contributed by atoms with van der Waals surface area (Å²) in [6, 6.07) is 1.29. The van der Waals surface area contributed by atoms with Crippen LogP contribution in [0, 0.1) is 0 Å². The number of rotatable bonds is 5. The number of allylic oxidation sites excluding steroid dienone is 1. The zero-order chi connectivity index (χ0) is 13.0. The van der Waals surface area contributed by atoms with Crippen molar-refractivity contribution in [1.82, 2.24) is 4.98 Å². The van der Waals surface area contributed by atoms with Crippen molar-refractivity contribution in [2.24, 2.45) is 0 Å². The molecule has 0 bridgehead atoms. The number of carboxylic acids is 1. The molecule has 0 amide bonds. The summed E-state index contributed by atoms with van der Waals surface area (Å²) in [5, 5.41) is 8.77. The smallest absolute Gasteiger partial charge is 0.337 e. The van der Waals surface area contributed by atoms with Gasteiger partial charge in [0.15, 0.2) is 6.61 Å². The molecule has 0 aliphatic rings. The number of pyridine rings is 1. The van der Waals surface area contributed by atoms with Gasteiger partial charge in [0.05, 0.1) is 5.56 Å². The Kier molecular flexibility index (Phi) is 4.14. The third-order valence-electron chi connectivity index (χ3n) is 1.90. The maximum atomic E-state index is 12.0. The van der Waals surface area contributed by atoms with E-state index in [4.69, 9.17) is 9.84 Å². The number of hydrogen-bond donors (Lipinski definition) is 1. The third-order valence-corrected chi connectivity index (χ3v) is 1.90. The summed E-state index contributed by atoms with van der Waals surface area (Å²) in [5.74, 6) is -1.19. The zero-order valence-electron chi connectivity index (χ0n) is 9.11. The summed E-state index contributed by atoms with van der Waals surface area (Å²) in [7, 11) is 0. The highest BCUT2D eigenvalue weighted by molar-refractivity contribution is 5.88. The molecule has 0 atom stereocenters. The molecule has 0 unspecified atom stereocenters. The Balaban J connectivity index is 3.04. The lowest BCUT2D eigenvalue weighted by Gasteiger charge is -2.10. The lowest BCUT2D eigenvalue weighted by molar-refractivity contribution is 0.0693. The van der Waals surface area contributed by atoms with E-state index in [1.54, 1.807) is 6.92 Å². The minimum Gasteiger partial charge on any atom is -0.478 e. The Labute approximate surface area is 96.6 Å². The van der Waals surface area contributed by atoms with Crippen molar-refractivity contribution in [1.29, 1.82) is 0 Å². The first-order valence-corrected chi connectivity index (χ1v) is 4.72. The zero-order valence-corrected chi connectivity index (χ0v) is 9.11. The molecule has 0 aliphatic carbocycles. The van der Waals surface area contributed by atoms with Crippen LogP contribution in [0.5, 0.6) is 5.88 Å². The summed E-state index contributed by atoms with van der Waals surface area (Å²) in [6.45, 7) is 4.43. The van der Waals surface area contributed by atoms with Crippen molar-refractivity contribution in [3.63, 3.8) is 0 Å². The van der Waals surface area contributed by atoms with E-state index in [1.165, 1.54) is 6.07 Å². The van der Waals surface area contributed by atoms with Gasteiger partial charge in [0.1, 0.15) is 0 Å². The topological polar surface area (TPSA) is 59.4 Å². The van der Waals surface area contributed by atoms with Crippen molar-refractivity contribution >= 4 is 11.5 Å². The highest BCUT2D eigenvalue weighted by Gasteiger charge is 2.13. The summed E-state index contributed by atoms with van der Waals surface area (Å²) < 4.78 is 28.8. The number of carbonyl (C=O) groups is 1. The number of alkyl halides is 2. The van der Waals surface area contributed by atoms with E-state index < -0.39 is 19.0 Å². The SMILES string of the molecule is C=C(C)c1cc(C(=O)O)cnc1OCC(F)F. The molecule has 0 saturated carbocycles. The average Bonchev–Trinajstić information content (AvgIpc) is 2.25. The normalized spacial score (nSPS) is 10.4. The first-order chi connectivity index (χ1) is 7.91. The molecule has 0 radical (unpaired) electrons. The predicted octanol–water partition coefficient (Wildman–Crippen LogP) is 2.46. The first kappa shape index (κ1) is 13.1. The van der Waals surface area contributed by atoms with Gasteiger partial charge in [-0.05, 0) is 18.6 Å². The fourth-order valence-corrected chi connectivity index (χ4v) is 1.13. The van der Waals surface area contributed by atoms with Crippen LogP contribution < -0.4 is 4.74 Å². The Hall–Kier alpha value is -1.98. The molecule has 0 aromatic carbocycles. The van der Waals surface area contributed by atoms with E-state index in [1.807, 2.05) is 0 Å². The van der Waals surface area contributed by atoms with Crippen molar-refractivity contribution in [3.05, 3.63) is 30.0 Å². The molecule has 1 N–H and O–H groups in total. The second-order valence-electron chi connectivity index (χ2n) is 3.36. The monoisotopic (exact) mass is 243 g/mol. The van der Waals surface area contributed by atoms with Gasteiger partial charge in [-0.2, -0.15) is 0 Å². The molecule has 0 fully saturated rings. The minimum atomic E-state index is -2.62. The summed E-state index contributed by atoms with van der Waals surface area (Å²) in [5.41, 5.74) is 0.753. The lowest BCUT2D eigenvalue weighted by Crippen LogP contribution is -2.10. The standard InChI is InChI=1S/C11H11F2NO3/c1-6(2)8-3-7(11(15)16)4-14-10(8)17-5-9(12)13/h3-4,9H,1,5H2,2H3,(H,15,16). The molecule has 4 nitrogen and oxygen atoms in total. The van der Waals surface area contributed by atoms with Gasteiger partial charge in [0.25, 0.3) is 6.43 Å². The molecule has 0 aliphatic heterocycles. The number of ether oxygens (including phenoxy) is 1. The quantitative estimate of drug-likeness (QED) is 0.862.